The summed E-state index contributed by atoms with van der Waals surface area (Å²) in [6.45, 7) is 0. The number of carbonyl (C=O) groups excluding carboxylic acids is 1. The average molecular weight is 343 g/mol. The molecule has 0 aliphatic heterocycles. The highest BCUT2D eigenvalue weighted by Gasteiger charge is 2.11. The van der Waals surface area contributed by atoms with Crippen LogP contribution in [-0.4, -0.2) is 10.9 Å². The van der Waals surface area contributed by atoms with Crippen LogP contribution in [0.1, 0.15) is 10.4 Å². The molecule has 0 aliphatic carbocycles. The van der Waals surface area contributed by atoms with Gasteiger partial charge in [0.05, 0.1) is 23.1 Å². The van der Waals surface area contributed by atoms with Gasteiger partial charge in [0.2, 0.25) is 0 Å². The van der Waals surface area contributed by atoms with Gasteiger partial charge in [-0.2, -0.15) is 0 Å². The summed E-state index contributed by atoms with van der Waals surface area (Å²) < 4.78 is 39.7. The lowest BCUT2D eigenvalue weighted by Crippen LogP contribution is -2.13. The van der Waals surface area contributed by atoms with E-state index in [0.29, 0.717) is 17.4 Å². The Kier molecular flexibility index (Phi) is 4.65. The molecule has 3 aromatic rings. The van der Waals surface area contributed by atoms with Gasteiger partial charge in [-0.15, -0.1) is 0 Å². The number of amides is 1. The number of aromatic nitrogens is 1. The van der Waals surface area contributed by atoms with E-state index < -0.39 is 23.4 Å². The Morgan fingerprint density at radius 1 is 0.880 bits per heavy atom. The van der Waals surface area contributed by atoms with Gasteiger partial charge in [0.1, 0.15) is 17.5 Å². The largest absolute Gasteiger partial charge is 0.354 e. The number of nitrogens with zero attached hydrogens (tertiary/aromatic N) is 1. The number of carbonyl (C=O) groups is 1. The number of hydrogen-bond acceptors (Lipinski definition) is 3. The summed E-state index contributed by atoms with van der Waals surface area (Å²) >= 11 is 0. The lowest BCUT2D eigenvalue weighted by Gasteiger charge is -2.09. The molecular formula is C18H12F3N3O. The molecule has 126 valence electrons. The lowest BCUT2D eigenvalue weighted by atomic mass is 10.2. The standard InChI is InChI=1S/C18H12F3N3O/c19-12-2-1-3-14(7-12)23-15-6-11(9-22-10-15)18(25)24-17-5-4-13(20)8-16(17)21/h1-10,23H,(H,24,25). The van der Waals surface area contributed by atoms with Crippen molar-refractivity contribution in [1.29, 1.82) is 0 Å². The molecule has 25 heavy (non-hydrogen) atoms. The summed E-state index contributed by atoms with van der Waals surface area (Å²) in [7, 11) is 0. The van der Waals surface area contributed by atoms with Crippen LogP contribution in [0.15, 0.2) is 60.9 Å². The normalized spacial score (nSPS) is 10.4. The van der Waals surface area contributed by atoms with Crippen LogP contribution in [0.5, 0.6) is 0 Å². The molecule has 1 aromatic heterocycles. The third-order valence-corrected chi connectivity index (χ3v) is 3.29. The number of halogens is 3. The second kappa shape index (κ2) is 7.04. The van der Waals surface area contributed by atoms with Crippen molar-refractivity contribution in [2.24, 2.45) is 0 Å². The van der Waals surface area contributed by atoms with Gasteiger partial charge in [-0.25, -0.2) is 13.2 Å². The fourth-order valence-corrected chi connectivity index (χ4v) is 2.15. The minimum absolute atomic E-state index is 0.144. The molecule has 7 heteroatoms. The Bertz CT molecular complexity index is 931. The van der Waals surface area contributed by atoms with Gasteiger partial charge in [0.25, 0.3) is 5.91 Å². The van der Waals surface area contributed by atoms with E-state index in [9.17, 15) is 18.0 Å². The van der Waals surface area contributed by atoms with Gasteiger partial charge in [-0.3, -0.25) is 9.78 Å². The summed E-state index contributed by atoms with van der Waals surface area (Å²) in [6, 6.07) is 10.1. The Morgan fingerprint density at radius 3 is 2.44 bits per heavy atom. The predicted octanol–water partition coefficient (Wildman–Crippen LogP) is 4.49. The minimum Gasteiger partial charge on any atom is -0.354 e. The molecular weight excluding hydrogens is 331 g/mol. The Labute approximate surface area is 141 Å². The zero-order valence-electron chi connectivity index (χ0n) is 12.8. The molecule has 0 fully saturated rings. The second-order valence-electron chi connectivity index (χ2n) is 5.18. The van der Waals surface area contributed by atoms with Gasteiger partial charge >= 0.3 is 0 Å². The fourth-order valence-electron chi connectivity index (χ4n) is 2.15. The highest BCUT2D eigenvalue weighted by molar-refractivity contribution is 6.04. The first-order valence-electron chi connectivity index (χ1n) is 7.25. The molecule has 1 heterocycles. The SMILES string of the molecule is O=C(Nc1ccc(F)cc1F)c1cncc(Nc2cccc(F)c2)c1. The molecule has 2 aromatic carbocycles. The van der Waals surface area contributed by atoms with Crippen LogP contribution in [0, 0.1) is 17.5 Å². The van der Waals surface area contributed by atoms with Crippen LogP contribution in [0.2, 0.25) is 0 Å². The quantitative estimate of drug-likeness (QED) is 0.734. The van der Waals surface area contributed by atoms with Crippen molar-refractivity contribution in [1.82, 2.24) is 4.98 Å². The number of nitrogens with one attached hydrogen (secondary N) is 2. The van der Waals surface area contributed by atoms with Crippen molar-refractivity contribution in [3.05, 3.63) is 83.9 Å². The summed E-state index contributed by atoms with van der Waals surface area (Å²) in [4.78, 5) is 16.1. The molecule has 0 saturated heterocycles. The third kappa shape index (κ3) is 4.14. The van der Waals surface area contributed by atoms with Crippen LogP contribution < -0.4 is 10.6 Å². The number of anilines is 3. The van der Waals surface area contributed by atoms with Crippen molar-refractivity contribution in [2.75, 3.05) is 10.6 Å². The van der Waals surface area contributed by atoms with E-state index in [1.165, 1.54) is 30.6 Å². The Morgan fingerprint density at radius 2 is 1.68 bits per heavy atom. The number of benzene rings is 2. The molecule has 0 unspecified atom stereocenters. The van der Waals surface area contributed by atoms with E-state index in [2.05, 4.69) is 15.6 Å². The summed E-state index contributed by atoms with van der Waals surface area (Å²) in [5.74, 6) is -2.63. The molecule has 0 aliphatic rings. The molecule has 0 atom stereocenters. The molecule has 3 rings (SSSR count). The summed E-state index contributed by atoms with van der Waals surface area (Å²) in [5, 5.41) is 5.26. The molecule has 0 saturated carbocycles. The molecule has 4 nitrogen and oxygen atoms in total. The highest BCUT2D eigenvalue weighted by Crippen LogP contribution is 2.19. The highest BCUT2D eigenvalue weighted by atomic mass is 19.1. The van der Waals surface area contributed by atoms with E-state index in [-0.39, 0.29) is 11.3 Å². The second-order valence-corrected chi connectivity index (χ2v) is 5.18. The van der Waals surface area contributed by atoms with Gasteiger partial charge < -0.3 is 10.6 Å². The molecule has 2 N–H and O–H groups in total. The minimum atomic E-state index is -0.879. The van der Waals surface area contributed by atoms with E-state index in [1.54, 1.807) is 12.1 Å². The molecule has 1 amide bonds. The van der Waals surface area contributed by atoms with E-state index in [0.717, 1.165) is 12.1 Å². The molecule has 0 bridgehead atoms. The van der Waals surface area contributed by atoms with Crippen molar-refractivity contribution in [3.8, 4) is 0 Å². The van der Waals surface area contributed by atoms with Crippen molar-refractivity contribution in [3.63, 3.8) is 0 Å². The van der Waals surface area contributed by atoms with Crippen molar-refractivity contribution >= 4 is 23.0 Å². The summed E-state index contributed by atoms with van der Waals surface area (Å²) in [5.41, 5.74) is 0.960. The Hall–Kier alpha value is -3.35. The van der Waals surface area contributed by atoms with Gasteiger partial charge in [-0.1, -0.05) is 6.07 Å². The Balaban J connectivity index is 1.77. The maximum atomic E-state index is 13.6. The lowest BCUT2D eigenvalue weighted by molar-refractivity contribution is 0.102. The van der Waals surface area contributed by atoms with Gasteiger partial charge in [0.15, 0.2) is 0 Å². The van der Waals surface area contributed by atoms with Gasteiger partial charge in [0, 0.05) is 18.0 Å². The first-order chi connectivity index (χ1) is 12.0. The van der Waals surface area contributed by atoms with Crippen molar-refractivity contribution < 1.29 is 18.0 Å². The topological polar surface area (TPSA) is 54.0 Å². The van der Waals surface area contributed by atoms with Crippen LogP contribution >= 0.6 is 0 Å². The average Bonchev–Trinajstić information content (AvgIpc) is 2.57. The van der Waals surface area contributed by atoms with Crippen LogP contribution in [-0.2, 0) is 0 Å². The smallest absolute Gasteiger partial charge is 0.257 e. The zero-order valence-corrected chi connectivity index (χ0v) is 12.8. The zero-order chi connectivity index (χ0) is 17.8. The van der Waals surface area contributed by atoms with E-state index >= 15 is 0 Å². The first kappa shape index (κ1) is 16.5. The monoisotopic (exact) mass is 343 g/mol. The maximum absolute atomic E-state index is 13.6. The van der Waals surface area contributed by atoms with Crippen LogP contribution in [0.4, 0.5) is 30.2 Å². The number of pyridine rings is 1. The fraction of sp³-hybridized carbons (Fsp3) is 0. The van der Waals surface area contributed by atoms with E-state index in [4.69, 9.17) is 0 Å². The number of hydrogen-bond donors (Lipinski definition) is 2. The third-order valence-electron chi connectivity index (χ3n) is 3.29. The predicted molar refractivity (Wildman–Crippen MR) is 88.2 cm³/mol. The van der Waals surface area contributed by atoms with E-state index in [1.807, 2.05) is 0 Å². The van der Waals surface area contributed by atoms with Crippen LogP contribution in [0.3, 0.4) is 0 Å². The van der Waals surface area contributed by atoms with Crippen LogP contribution in [0.25, 0.3) is 0 Å². The molecule has 0 spiro atoms. The van der Waals surface area contributed by atoms with Crippen molar-refractivity contribution in [2.45, 2.75) is 0 Å². The van der Waals surface area contributed by atoms with Gasteiger partial charge in [-0.05, 0) is 36.4 Å². The summed E-state index contributed by atoms with van der Waals surface area (Å²) in [6.07, 6.45) is 2.76. The first-order valence-corrected chi connectivity index (χ1v) is 7.25. The number of rotatable bonds is 4. The maximum Gasteiger partial charge on any atom is 0.257 e. The molecule has 0 radical (unpaired) electrons.